The van der Waals surface area contributed by atoms with Crippen LogP contribution in [-0.2, 0) is 17.5 Å². The second kappa shape index (κ2) is 12.7. The van der Waals surface area contributed by atoms with E-state index in [4.69, 9.17) is 9.47 Å². The predicted molar refractivity (Wildman–Crippen MR) is 140 cm³/mol. The zero-order valence-electron chi connectivity index (χ0n) is 23.2. The summed E-state index contributed by atoms with van der Waals surface area (Å²) in [6, 6.07) is 7.62. The lowest BCUT2D eigenvalue weighted by atomic mass is 10.0. The Labute approximate surface area is 227 Å². The predicted octanol–water partition coefficient (Wildman–Crippen LogP) is 4.73. The summed E-state index contributed by atoms with van der Waals surface area (Å²) in [4.78, 5) is 28.9. The zero-order chi connectivity index (χ0) is 28.8. The Morgan fingerprint density at radius 2 is 1.82 bits per heavy atom. The fourth-order valence-electron chi connectivity index (χ4n) is 4.30. The Kier molecular flexibility index (Phi) is 9.87. The van der Waals surface area contributed by atoms with E-state index in [2.05, 4.69) is 15.3 Å². The number of piperidine rings is 1. The van der Waals surface area contributed by atoms with Crippen molar-refractivity contribution in [3.63, 3.8) is 0 Å². The van der Waals surface area contributed by atoms with Crippen LogP contribution in [0.3, 0.4) is 0 Å². The van der Waals surface area contributed by atoms with Crippen molar-refractivity contribution in [2.24, 2.45) is 0 Å². The van der Waals surface area contributed by atoms with Gasteiger partial charge in [-0.2, -0.15) is 18.3 Å². The van der Waals surface area contributed by atoms with Crippen molar-refractivity contribution in [1.29, 1.82) is 0 Å². The average molecular weight is 554 g/mol. The molecule has 0 radical (unpaired) electrons. The number of likely N-dealkylation sites (tertiary alicyclic amines) is 1. The molecule has 1 aliphatic rings. The smallest absolute Gasteiger partial charge is 0.435 e. The molecule has 1 aromatic carbocycles. The van der Waals surface area contributed by atoms with Crippen LogP contribution in [0.15, 0.2) is 30.3 Å². The van der Waals surface area contributed by atoms with Crippen LogP contribution < -0.4 is 10.1 Å². The third-order valence-electron chi connectivity index (χ3n) is 6.33. The maximum Gasteiger partial charge on any atom is 0.435 e. The molecule has 1 fully saturated rings. The van der Waals surface area contributed by atoms with Gasteiger partial charge in [0, 0.05) is 51.4 Å². The van der Waals surface area contributed by atoms with Crippen LogP contribution in [0.4, 0.5) is 18.0 Å². The Morgan fingerprint density at radius 1 is 1.15 bits per heavy atom. The van der Waals surface area contributed by atoms with E-state index in [1.165, 1.54) is 9.58 Å². The lowest BCUT2D eigenvalue weighted by Crippen LogP contribution is -2.42. The summed E-state index contributed by atoms with van der Waals surface area (Å²) in [5, 5.41) is 6.52. The fraction of sp³-hybridized carbons (Fsp3) is 0.593. The van der Waals surface area contributed by atoms with Gasteiger partial charge in [0.25, 0.3) is 5.91 Å². The number of carbonyl (C=O) groups excluding carboxylic acids is 2. The van der Waals surface area contributed by atoms with Crippen molar-refractivity contribution in [3.8, 4) is 5.75 Å². The molecule has 0 saturated carbocycles. The minimum Gasteiger partial charge on any atom is -0.494 e. The number of nitrogens with zero attached hydrogens (tertiary/aromatic N) is 4. The summed E-state index contributed by atoms with van der Waals surface area (Å²) in [5.41, 5.74) is -1.08. The monoisotopic (exact) mass is 553 g/mol. The standard InChI is InChI=1S/C27H38F3N5O4/c1-6-38-22-10-8-7-9-19(22)18-31-24(36)21-17-23(27(28,29)30)32-35(21)20-11-13-34(14-12-20)16-15-33(5)25(37)39-26(2,3)4/h7-10,17,20H,6,11-16,18H2,1-5H3,(H,31,36). The molecule has 216 valence electrons. The van der Waals surface area contributed by atoms with Crippen LogP contribution in [-0.4, -0.2) is 77.0 Å². The number of carbonyl (C=O) groups is 2. The second-order valence-corrected chi connectivity index (χ2v) is 10.6. The highest BCUT2D eigenvalue weighted by molar-refractivity contribution is 5.92. The number of nitrogens with one attached hydrogen (secondary N) is 1. The summed E-state index contributed by atoms with van der Waals surface area (Å²) in [6.07, 6.45) is -4.05. The van der Waals surface area contributed by atoms with E-state index >= 15 is 0 Å². The minimum absolute atomic E-state index is 0.102. The van der Waals surface area contributed by atoms with E-state index in [1.807, 2.05) is 13.0 Å². The summed E-state index contributed by atoms with van der Waals surface area (Å²) >= 11 is 0. The number of amides is 2. The first-order valence-electron chi connectivity index (χ1n) is 13.1. The van der Waals surface area contributed by atoms with Crippen molar-refractivity contribution in [3.05, 3.63) is 47.3 Å². The molecule has 2 aromatic rings. The molecule has 0 unspecified atom stereocenters. The molecule has 2 amide bonds. The van der Waals surface area contributed by atoms with Gasteiger partial charge >= 0.3 is 12.3 Å². The number of halogens is 3. The van der Waals surface area contributed by atoms with Crippen molar-refractivity contribution in [2.75, 3.05) is 39.8 Å². The van der Waals surface area contributed by atoms with Gasteiger partial charge in [0.2, 0.25) is 0 Å². The molecule has 2 heterocycles. The molecular weight excluding hydrogens is 515 g/mol. The molecule has 0 spiro atoms. The number of para-hydroxylation sites is 1. The first-order chi connectivity index (χ1) is 18.3. The third kappa shape index (κ3) is 8.61. The summed E-state index contributed by atoms with van der Waals surface area (Å²) in [5.74, 6) is -0.0276. The van der Waals surface area contributed by atoms with E-state index in [9.17, 15) is 22.8 Å². The maximum atomic E-state index is 13.5. The zero-order valence-corrected chi connectivity index (χ0v) is 23.2. The first kappa shape index (κ1) is 30.3. The lowest BCUT2D eigenvalue weighted by molar-refractivity contribution is -0.141. The lowest BCUT2D eigenvalue weighted by Gasteiger charge is -2.33. The quantitative estimate of drug-likeness (QED) is 0.483. The number of hydrogen-bond acceptors (Lipinski definition) is 6. The summed E-state index contributed by atoms with van der Waals surface area (Å²) in [6.45, 7) is 10.0. The van der Waals surface area contributed by atoms with Crippen LogP contribution in [0.2, 0.25) is 0 Å². The first-order valence-corrected chi connectivity index (χ1v) is 13.1. The second-order valence-electron chi connectivity index (χ2n) is 10.6. The highest BCUT2D eigenvalue weighted by Crippen LogP contribution is 2.32. The van der Waals surface area contributed by atoms with E-state index in [-0.39, 0.29) is 18.3 Å². The molecule has 1 aromatic heterocycles. The third-order valence-corrected chi connectivity index (χ3v) is 6.33. The average Bonchev–Trinajstić information content (AvgIpc) is 3.32. The number of benzene rings is 1. The van der Waals surface area contributed by atoms with Gasteiger partial charge in [-0.25, -0.2) is 4.79 Å². The fourth-order valence-corrected chi connectivity index (χ4v) is 4.30. The molecule has 12 heteroatoms. The Balaban J connectivity index is 1.64. The van der Waals surface area contributed by atoms with Gasteiger partial charge in [-0.05, 0) is 46.6 Å². The van der Waals surface area contributed by atoms with E-state index in [0.29, 0.717) is 51.4 Å². The van der Waals surface area contributed by atoms with Gasteiger partial charge in [-0.15, -0.1) is 0 Å². The number of ether oxygens (including phenoxy) is 2. The number of aromatic nitrogens is 2. The molecule has 0 atom stereocenters. The van der Waals surface area contributed by atoms with E-state index in [1.54, 1.807) is 46.0 Å². The molecule has 3 rings (SSSR count). The molecular formula is C27H38F3N5O4. The van der Waals surface area contributed by atoms with Crippen molar-refractivity contribution in [2.45, 2.75) is 64.9 Å². The summed E-state index contributed by atoms with van der Waals surface area (Å²) in [7, 11) is 1.67. The summed E-state index contributed by atoms with van der Waals surface area (Å²) < 4.78 is 52.8. The SMILES string of the molecule is CCOc1ccccc1CNC(=O)c1cc(C(F)(F)F)nn1C1CCN(CCN(C)C(=O)OC(C)(C)C)CC1. The van der Waals surface area contributed by atoms with Crippen molar-refractivity contribution < 1.29 is 32.2 Å². The topological polar surface area (TPSA) is 88.9 Å². The van der Waals surface area contributed by atoms with E-state index in [0.717, 1.165) is 11.6 Å². The normalized spacial score (nSPS) is 15.2. The number of likely N-dealkylation sites (N-methyl/N-ethyl adjacent to an activating group) is 1. The number of rotatable bonds is 9. The Bertz CT molecular complexity index is 1120. The highest BCUT2D eigenvalue weighted by atomic mass is 19.4. The van der Waals surface area contributed by atoms with Gasteiger partial charge < -0.3 is 24.6 Å². The largest absolute Gasteiger partial charge is 0.494 e. The molecule has 0 bridgehead atoms. The molecule has 9 nitrogen and oxygen atoms in total. The van der Waals surface area contributed by atoms with Crippen LogP contribution >= 0.6 is 0 Å². The van der Waals surface area contributed by atoms with Crippen LogP contribution in [0.25, 0.3) is 0 Å². The number of hydrogen-bond donors (Lipinski definition) is 1. The van der Waals surface area contributed by atoms with Gasteiger partial charge in [0.15, 0.2) is 5.69 Å². The number of alkyl halides is 3. The molecule has 39 heavy (non-hydrogen) atoms. The molecule has 1 saturated heterocycles. The van der Waals surface area contributed by atoms with Crippen LogP contribution in [0.1, 0.15) is 68.3 Å². The van der Waals surface area contributed by atoms with Gasteiger partial charge in [0.05, 0.1) is 12.6 Å². The molecule has 1 aliphatic heterocycles. The Morgan fingerprint density at radius 3 is 2.44 bits per heavy atom. The minimum atomic E-state index is -4.67. The van der Waals surface area contributed by atoms with Gasteiger partial charge in [-0.1, -0.05) is 18.2 Å². The van der Waals surface area contributed by atoms with Crippen LogP contribution in [0.5, 0.6) is 5.75 Å². The Hall–Kier alpha value is -3.28. The van der Waals surface area contributed by atoms with Crippen molar-refractivity contribution >= 4 is 12.0 Å². The molecule has 0 aliphatic carbocycles. The van der Waals surface area contributed by atoms with Crippen LogP contribution in [0, 0.1) is 0 Å². The highest BCUT2D eigenvalue weighted by Gasteiger charge is 2.37. The maximum absolute atomic E-state index is 13.5. The molecule has 1 N–H and O–H groups in total. The van der Waals surface area contributed by atoms with Gasteiger partial charge in [0.1, 0.15) is 17.0 Å². The van der Waals surface area contributed by atoms with E-state index < -0.39 is 29.5 Å². The van der Waals surface area contributed by atoms with Gasteiger partial charge in [-0.3, -0.25) is 9.48 Å². The van der Waals surface area contributed by atoms with Crippen molar-refractivity contribution in [1.82, 2.24) is 24.9 Å².